The van der Waals surface area contributed by atoms with Gasteiger partial charge in [0, 0.05) is 24.2 Å². The van der Waals surface area contributed by atoms with Crippen molar-refractivity contribution in [3.63, 3.8) is 0 Å². The first-order chi connectivity index (χ1) is 17.0. The van der Waals surface area contributed by atoms with Crippen LogP contribution in [0.5, 0.6) is 11.5 Å². The van der Waals surface area contributed by atoms with Crippen molar-refractivity contribution in [2.75, 3.05) is 43.0 Å². The molecule has 200 valence electrons. The molecule has 0 aliphatic rings. The highest BCUT2D eigenvalue weighted by atomic mass is 127. The lowest BCUT2D eigenvalue weighted by atomic mass is 10.1. The molecule has 2 rings (SSSR count). The van der Waals surface area contributed by atoms with E-state index in [2.05, 4.69) is 58.9 Å². The zero-order valence-electron chi connectivity index (χ0n) is 21.7. The Kier molecular flexibility index (Phi) is 14.5. The van der Waals surface area contributed by atoms with Crippen LogP contribution in [-0.4, -0.2) is 60.0 Å². The van der Waals surface area contributed by atoms with Crippen LogP contribution >= 0.6 is 45.8 Å². The number of benzene rings is 2. The Hall–Kier alpha value is -1.75. The maximum Gasteiger partial charge on any atom is 0.268 e. The second-order valence-corrected chi connectivity index (χ2v) is 10.5. The van der Waals surface area contributed by atoms with Crippen molar-refractivity contribution in [2.24, 2.45) is 0 Å². The van der Waals surface area contributed by atoms with Gasteiger partial charge in [-0.05, 0) is 61.7 Å². The van der Waals surface area contributed by atoms with Crippen molar-refractivity contribution in [1.82, 2.24) is 10.2 Å². The number of nitrogens with one attached hydrogen (secondary N) is 2. The number of hydrogen-bond acceptors (Lipinski definition) is 5. The highest BCUT2D eigenvalue weighted by Crippen LogP contribution is 2.32. The van der Waals surface area contributed by atoms with E-state index in [-0.39, 0.29) is 16.5 Å². The standard InChI is InChI=1S/C24H31Cl2N3O4.C2H5I/c1-6-29(7-2)13-12-27-22(30)18-14-19(26)20(15-21(18)32-5)28-23(31)24(3,4)33-17-10-8-16(25)9-11-17;1-2-3/h8-11,14-15H,6-7,12-13H2,1-5H3,(H,27,30)(H,28,31);2H2,1H3. The average Bonchev–Trinajstić information content (AvgIpc) is 2.84. The van der Waals surface area contributed by atoms with E-state index in [1.807, 2.05) is 0 Å². The van der Waals surface area contributed by atoms with Gasteiger partial charge in [0.2, 0.25) is 0 Å². The fourth-order valence-corrected chi connectivity index (χ4v) is 3.41. The minimum absolute atomic E-state index is 0.209. The van der Waals surface area contributed by atoms with E-state index < -0.39 is 11.5 Å². The first-order valence-electron chi connectivity index (χ1n) is 11.7. The molecule has 2 aromatic carbocycles. The molecule has 0 radical (unpaired) electrons. The van der Waals surface area contributed by atoms with Crippen LogP contribution in [0.3, 0.4) is 0 Å². The summed E-state index contributed by atoms with van der Waals surface area (Å²) in [5.74, 6) is 0.0782. The molecule has 0 heterocycles. The largest absolute Gasteiger partial charge is 0.496 e. The smallest absolute Gasteiger partial charge is 0.268 e. The number of alkyl halides is 1. The topological polar surface area (TPSA) is 79.9 Å². The molecule has 2 aromatic rings. The number of nitrogens with zero attached hydrogens (tertiary/aromatic N) is 1. The highest BCUT2D eigenvalue weighted by Gasteiger charge is 2.31. The molecule has 0 saturated heterocycles. The Labute approximate surface area is 238 Å². The number of hydrogen-bond donors (Lipinski definition) is 2. The SMILES string of the molecule is CCI.CCN(CC)CCNC(=O)c1cc(Cl)c(NC(=O)C(C)(C)Oc2ccc(Cl)cc2)cc1OC. The van der Waals surface area contributed by atoms with E-state index in [0.29, 0.717) is 28.8 Å². The Morgan fingerprint density at radius 2 is 1.64 bits per heavy atom. The van der Waals surface area contributed by atoms with Crippen LogP contribution in [0.25, 0.3) is 0 Å². The van der Waals surface area contributed by atoms with Gasteiger partial charge >= 0.3 is 0 Å². The summed E-state index contributed by atoms with van der Waals surface area (Å²) in [5.41, 5.74) is -0.604. The van der Waals surface area contributed by atoms with Crippen molar-refractivity contribution >= 4 is 63.3 Å². The van der Waals surface area contributed by atoms with Gasteiger partial charge < -0.3 is 25.0 Å². The second-order valence-electron chi connectivity index (χ2n) is 8.10. The summed E-state index contributed by atoms with van der Waals surface area (Å²) in [6, 6.07) is 9.73. The first-order valence-corrected chi connectivity index (χ1v) is 14.0. The Morgan fingerprint density at radius 3 is 2.17 bits per heavy atom. The highest BCUT2D eigenvalue weighted by molar-refractivity contribution is 14.1. The van der Waals surface area contributed by atoms with Gasteiger partial charge in [-0.25, -0.2) is 0 Å². The van der Waals surface area contributed by atoms with Crippen LogP contribution in [0.15, 0.2) is 36.4 Å². The minimum atomic E-state index is -1.20. The minimum Gasteiger partial charge on any atom is -0.496 e. The predicted molar refractivity (Wildman–Crippen MR) is 157 cm³/mol. The molecular formula is C26H36Cl2IN3O4. The molecule has 0 aromatic heterocycles. The Bertz CT molecular complexity index is 984. The molecule has 0 unspecified atom stereocenters. The van der Waals surface area contributed by atoms with Gasteiger partial charge in [-0.2, -0.15) is 0 Å². The molecule has 0 fully saturated rings. The summed E-state index contributed by atoms with van der Waals surface area (Å²) in [6.07, 6.45) is 0. The summed E-state index contributed by atoms with van der Waals surface area (Å²) in [6.45, 7) is 12.6. The lowest BCUT2D eigenvalue weighted by Gasteiger charge is -2.26. The van der Waals surface area contributed by atoms with Gasteiger partial charge in [-0.15, -0.1) is 0 Å². The normalized spacial score (nSPS) is 10.8. The Balaban J connectivity index is 0.00000205. The quantitative estimate of drug-likeness (QED) is 0.220. The Morgan fingerprint density at radius 1 is 1.06 bits per heavy atom. The number of halogens is 3. The van der Waals surface area contributed by atoms with E-state index in [1.165, 1.54) is 23.7 Å². The van der Waals surface area contributed by atoms with Crippen LogP contribution < -0.4 is 20.1 Å². The van der Waals surface area contributed by atoms with Gasteiger partial charge in [0.05, 0.1) is 23.4 Å². The summed E-state index contributed by atoms with van der Waals surface area (Å²) in [7, 11) is 1.45. The molecule has 0 aliphatic carbocycles. The average molecular weight is 652 g/mol. The van der Waals surface area contributed by atoms with E-state index >= 15 is 0 Å². The van der Waals surface area contributed by atoms with E-state index in [4.69, 9.17) is 32.7 Å². The van der Waals surface area contributed by atoms with Crippen molar-refractivity contribution in [3.8, 4) is 11.5 Å². The lowest BCUT2D eigenvalue weighted by Crippen LogP contribution is -2.42. The number of carbonyl (C=O) groups excluding carboxylic acids is 2. The fourth-order valence-electron chi connectivity index (χ4n) is 3.07. The van der Waals surface area contributed by atoms with Gasteiger partial charge in [0.25, 0.3) is 11.8 Å². The van der Waals surface area contributed by atoms with E-state index in [1.54, 1.807) is 38.1 Å². The number of carbonyl (C=O) groups is 2. The molecule has 2 N–H and O–H groups in total. The van der Waals surface area contributed by atoms with Crippen LogP contribution in [0.2, 0.25) is 10.0 Å². The number of likely N-dealkylation sites (N-methyl/N-ethyl adjacent to an activating group) is 1. The summed E-state index contributed by atoms with van der Waals surface area (Å²) < 4.78 is 12.4. The third kappa shape index (κ3) is 10.3. The molecule has 0 aliphatic heterocycles. The van der Waals surface area contributed by atoms with E-state index in [9.17, 15) is 9.59 Å². The van der Waals surface area contributed by atoms with Crippen LogP contribution in [-0.2, 0) is 4.79 Å². The van der Waals surface area contributed by atoms with Gasteiger partial charge in [-0.3, -0.25) is 9.59 Å². The number of methoxy groups -OCH3 is 1. The van der Waals surface area contributed by atoms with Gasteiger partial charge in [0.1, 0.15) is 11.5 Å². The third-order valence-electron chi connectivity index (χ3n) is 5.12. The zero-order chi connectivity index (χ0) is 27.3. The van der Waals surface area contributed by atoms with Crippen LogP contribution in [0, 0.1) is 0 Å². The lowest BCUT2D eigenvalue weighted by molar-refractivity contribution is -0.128. The monoisotopic (exact) mass is 651 g/mol. The van der Waals surface area contributed by atoms with Gasteiger partial charge in [0.15, 0.2) is 5.60 Å². The molecular weight excluding hydrogens is 616 g/mol. The molecule has 0 atom stereocenters. The van der Waals surface area contributed by atoms with Crippen LogP contribution in [0.1, 0.15) is 45.0 Å². The van der Waals surface area contributed by atoms with Crippen molar-refractivity contribution in [1.29, 1.82) is 0 Å². The molecule has 0 spiro atoms. The van der Waals surface area contributed by atoms with Crippen molar-refractivity contribution in [2.45, 2.75) is 40.2 Å². The second kappa shape index (κ2) is 16.2. The number of amides is 2. The molecule has 0 bridgehead atoms. The van der Waals surface area contributed by atoms with Crippen molar-refractivity contribution < 1.29 is 19.1 Å². The van der Waals surface area contributed by atoms with E-state index in [0.717, 1.165) is 19.6 Å². The molecule has 10 heteroatoms. The molecule has 2 amide bonds. The first kappa shape index (κ1) is 32.3. The summed E-state index contributed by atoms with van der Waals surface area (Å²) in [4.78, 5) is 27.8. The molecule has 36 heavy (non-hydrogen) atoms. The molecule has 7 nitrogen and oxygen atoms in total. The molecule has 0 saturated carbocycles. The van der Waals surface area contributed by atoms with Gasteiger partial charge in [-0.1, -0.05) is 66.6 Å². The summed E-state index contributed by atoms with van der Waals surface area (Å²) in [5, 5.41) is 6.41. The zero-order valence-corrected chi connectivity index (χ0v) is 25.4. The summed E-state index contributed by atoms with van der Waals surface area (Å²) >= 11 is 14.6. The fraction of sp³-hybridized carbons (Fsp3) is 0.462. The number of ether oxygens (including phenoxy) is 2. The number of rotatable bonds is 11. The van der Waals surface area contributed by atoms with Crippen molar-refractivity contribution in [3.05, 3.63) is 52.0 Å². The van der Waals surface area contributed by atoms with Crippen LogP contribution in [0.4, 0.5) is 5.69 Å². The number of anilines is 1. The third-order valence-corrected chi connectivity index (χ3v) is 5.69. The predicted octanol–water partition coefficient (Wildman–Crippen LogP) is 6.31. The maximum atomic E-state index is 12.9. The maximum absolute atomic E-state index is 12.9.